The Morgan fingerprint density at radius 2 is 1.70 bits per heavy atom. The topological polar surface area (TPSA) is 63.5 Å². The third kappa shape index (κ3) is 2.84. The van der Waals surface area contributed by atoms with Crippen LogP contribution in [0.25, 0.3) is 0 Å². The predicted octanol–water partition coefficient (Wildman–Crippen LogP) is 4.65. The maximum absolute atomic E-state index is 10.4. The minimum absolute atomic E-state index is 0.00883. The van der Waals surface area contributed by atoms with Crippen molar-refractivity contribution in [2.24, 2.45) is 5.10 Å². The van der Waals surface area contributed by atoms with E-state index in [0.29, 0.717) is 17.9 Å². The molecule has 2 aliphatic rings. The summed E-state index contributed by atoms with van der Waals surface area (Å²) in [4.78, 5) is 0. The molecule has 0 aliphatic carbocycles. The Labute approximate surface area is 174 Å². The lowest BCUT2D eigenvalue weighted by Crippen LogP contribution is -2.34. The summed E-state index contributed by atoms with van der Waals surface area (Å²) in [5, 5.41) is 17.2. The maximum atomic E-state index is 10.4. The maximum Gasteiger partial charge on any atom is 0.217 e. The molecular formula is C24H22N2O4. The van der Waals surface area contributed by atoms with Gasteiger partial charge in [0.2, 0.25) is 6.23 Å². The zero-order valence-corrected chi connectivity index (χ0v) is 16.8. The Morgan fingerprint density at radius 3 is 2.50 bits per heavy atom. The van der Waals surface area contributed by atoms with E-state index in [4.69, 9.17) is 19.3 Å². The molecular weight excluding hydrogens is 380 g/mol. The molecule has 2 atom stereocenters. The van der Waals surface area contributed by atoms with E-state index in [0.717, 1.165) is 28.2 Å². The van der Waals surface area contributed by atoms with Gasteiger partial charge in [-0.3, -0.25) is 0 Å². The fourth-order valence-electron chi connectivity index (χ4n) is 4.23. The lowest BCUT2D eigenvalue weighted by Gasteiger charge is -2.38. The highest BCUT2D eigenvalue weighted by molar-refractivity contribution is 6.04. The highest BCUT2D eigenvalue weighted by atomic mass is 16.5. The van der Waals surface area contributed by atoms with E-state index in [1.807, 2.05) is 59.6 Å². The molecule has 0 amide bonds. The molecule has 1 N–H and O–H groups in total. The summed E-state index contributed by atoms with van der Waals surface area (Å²) in [7, 11) is 3.24. The number of phenols is 1. The van der Waals surface area contributed by atoms with Crippen molar-refractivity contribution in [1.82, 2.24) is 5.01 Å². The first-order chi connectivity index (χ1) is 14.7. The standard InChI is InChI=1S/C24H22N2O4/c1-28-22-13-7-10-17(23(22)29-2)24-26-19(16-9-4-6-12-21(16)30-24)14-18(25-26)15-8-3-5-11-20(15)27/h3-13,19,24,27H,14H2,1-2H3/t19-,24-/m0/s1. The number of fused-ring (bicyclic) bond motifs is 3. The Bertz CT molecular complexity index is 1130. The normalized spacial score (nSPS) is 19.4. The minimum atomic E-state index is -0.488. The molecule has 0 aromatic heterocycles. The number of ether oxygens (including phenoxy) is 3. The minimum Gasteiger partial charge on any atom is -0.507 e. The van der Waals surface area contributed by atoms with Crippen molar-refractivity contribution in [3.8, 4) is 23.0 Å². The zero-order chi connectivity index (χ0) is 20.7. The first-order valence-electron chi connectivity index (χ1n) is 9.82. The van der Waals surface area contributed by atoms with Crippen molar-refractivity contribution in [3.63, 3.8) is 0 Å². The van der Waals surface area contributed by atoms with Crippen molar-refractivity contribution in [3.05, 3.63) is 83.4 Å². The Morgan fingerprint density at radius 1 is 0.933 bits per heavy atom. The van der Waals surface area contributed by atoms with Crippen LogP contribution in [0.1, 0.15) is 35.4 Å². The van der Waals surface area contributed by atoms with Gasteiger partial charge >= 0.3 is 0 Å². The first-order valence-corrected chi connectivity index (χ1v) is 9.82. The average Bonchev–Trinajstić information content (AvgIpc) is 3.23. The van der Waals surface area contributed by atoms with E-state index in [9.17, 15) is 5.11 Å². The van der Waals surface area contributed by atoms with Crippen LogP contribution in [0.5, 0.6) is 23.0 Å². The number of hydrazone groups is 1. The molecule has 2 aliphatic heterocycles. The van der Waals surface area contributed by atoms with Crippen LogP contribution in [0.4, 0.5) is 0 Å². The van der Waals surface area contributed by atoms with Gasteiger partial charge in [-0.1, -0.05) is 36.4 Å². The molecule has 3 aromatic rings. The smallest absolute Gasteiger partial charge is 0.217 e. The largest absolute Gasteiger partial charge is 0.507 e. The molecule has 6 heteroatoms. The number of hydrogen-bond donors (Lipinski definition) is 1. The molecule has 0 bridgehead atoms. The van der Waals surface area contributed by atoms with Gasteiger partial charge in [0.05, 0.1) is 31.5 Å². The molecule has 0 saturated carbocycles. The van der Waals surface area contributed by atoms with Gasteiger partial charge in [0, 0.05) is 17.5 Å². The molecule has 0 saturated heterocycles. The molecule has 30 heavy (non-hydrogen) atoms. The number of methoxy groups -OCH3 is 2. The van der Waals surface area contributed by atoms with E-state index in [2.05, 4.69) is 6.07 Å². The highest BCUT2D eigenvalue weighted by Crippen LogP contribution is 2.50. The number of nitrogens with zero attached hydrogens (tertiary/aromatic N) is 2. The van der Waals surface area contributed by atoms with Gasteiger partial charge < -0.3 is 19.3 Å². The molecule has 0 radical (unpaired) electrons. The van der Waals surface area contributed by atoms with Gasteiger partial charge in [-0.2, -0.15) is 5.10 Å². The molecule has 0 unspecified atom stereocenters. The third-order valence-electron chi connectivity index (χ3n) is 5.61. The molecule has 3 aromatic carbocycles. The van der Waals surface area contributed by atoms with Gasteiger partial charge in [-0.15, -0.1) is 0 Å². The van der Waals surface area contributed by atoms with E-state index in [-0.39, 0.29) is 11.8 Å². The van der Waals surface area contributed by atoms with Crippen LogP contribution in [-0.2, 0) is 0 Å². The second-order valence-corrected chi connectivity index (χ2v) is 7.25. The van der Waals surface area contributed by atoms with Crippen LogP contribution in [0.3, 0.4) is 0 Å². The predicted molar refractivity (Wildman–Crippen MR) is 113 cm³/mol. The fourth-order valence-corrected chi connectivity index (χ4v) is 4.23. The lowest BCUT2D eigenvalue weighted by atomic mass is 9.95. The van der Waals surface area contributed by atoms with Crippen molar-refractivity contribution in [2.45, 2.75) is 18.7 Å². The van der Waals surface area contributed by atoms with Gasteiger partial charge in [0.15, 0.2) is 11.5 Å². The Hall–Kier alpha value is -3.67. The number of rotatable bonds is 4. The summed E-state index contributed by atoms with van der Waals surface area (Å²) >= 11 is 0. The molecule has 5 rings (SSSR count). The van der Waals surface area contributed by atoms with Crippen molar-refractivity contribution in [2.75, 3.05) is 14.2 Å². The van der Waals surface area contributed by atoms with Crippen LogP contribution in [-0.4, -0.2) is 30.0 Å². The van der Waals surface area contributed by atoms with E-state index in [1.165, 1.54) is 0 Å². The SMILES string of the molecule is COc1cccc([C@@H]2Oc3ccccc3[C@@H]3CC(c4ccccc4O)=NN32)c1OC. The summed E-state index contributed by atoms with van der Waals surface area (Å²) < 4.78 is 17.6. The molecule has 0 spiro atoms. The first kappa shape index (κ1) is 18.4. The van der Waals surface area contributed by atoms with Crippen LogP contribution >= 0.6 is 0 Å². The number of benzene rings is 3. The average molecular weight is 402 g/mol. The van der Waals surface area contributed by atoms with Crippen LogP contribution in [0.15, 0.2) is 71.8 Å². The molecule has 2 heterocycles. The summed E-state index contributed by atoms with van der Waals surface area (Å²) in [5.74, 6) is 2.30. The Balaban J connectivity index is 1.65. The van der Waals surface area contributed by atoms with Crippen molar-refractivity contribution >= 4 is 5.71 Å². The fraction of sp³-hybridized carbons (Fsp3) is 0.208. The monoisotopic (exact) mass is 402 g/mol. The zero-order valence-electron chi connectivity index (χ0n) is 16.8. The second kappa shape index (κ2) is 7.30. The van der Waals surface area contributed by atoms with Crippen LogP contribution < -0.4 is 14.2 Å². The third-order valence-corrected chi connectivity index (χ3v) is 5.61. The van der Waals surface area contributed by atoms with E-state index < -0.39 is 6.23 Å². The highest BCUT2D eigenvalue weighted by Gasteiger charge is 2.42. The number of hydrogen-bond acceptors (Lipinski definition) is 6. The quantitative estimate of drug-likeness (QED) is 0.688. The van der Waals surface area contributed by atoms with Crippen molar-refractivity contribution in [1.29, 1.82) is 0 Å². The van der Waals surface area contributed by atoms with Gasteiger partial charge in [0.25, 0.3) is 0 Å². The van der Waals surface area contributed by atoms with Crippen LogP contribution in [0, 0.1) is 0 Å². The number of phenolic OH excluding ortho intramolecular Hbond substituents is 1. The lowest BCUT2D eigenvalue weighted by molar-refractivity contribution is -0.0205. The summed E-state index contributed by atoms with van der Waals surface area (Å²) in [6.07, 6.45) is 0.180. The summed E-state index contributed by atoms with van der Waals surface area (Å²) in [6, 6.07) is 21.0. The van der Waals surface area contributed by atoms with E-state index in [1.54, 1.807) is 20.3 Å². The van der Waals surface area contributed by atoms with Gasteiger partial charge in [-0.25, -0.2) is 5.01 Å². The van der Waals surface area contributed by atoms with E-state index >= 15 is 0 Å². The summed E-state index contributed by atoms with van der Waals surface area (Å²) in [5.41, 5.74) is 3.47. The summed E-state index contributed by atoms with van der Waals surface area (Å²) in [6.45, 7) is 0. The molecule has 6 nitrogen and oxygen atoms in total. The molecule has 152 valence electrons. The number of para-hydroxylation sites is 3. The van der Waals surface area contributed by atoms with Gasteiger partial charge in [-0.05, 0) is 30.3 Å². The van der Waals surface area contributed by atoms with Crippen molar-refractivity contribution < 1.29 is 19.3 Å². The van der Waals surface area contributed by atoms with Crippen LogP contribution in [0.2, 0.25) is 0 Å². The second-order valence-electron chi connectivity index (χ2n) is 7.25. The number of aromatic hydroxyl groups is 1. The van der Waals surface area contributed by atoms with Gasteiger partial charge in [0.1, 0.15) is 11.5 Å². The Kier molecular flexibility index (Phi) is 4.47. The molecule has 0 fully saturated rings.